The lowest BCUT2D eigenvalue weighted by molar-refractivity contribution is 0.105. The lowest BCUT2D eigenvalue weighted by Crippen LogP contribution is -2.43. The molecule has 0 unspecified atom stereocenters. The number of aliphatic imine (C=N–C) groups is 1. The highest BCUT2D eigenvalue weighted by Gasteiger charge is 2.33. The maximum Gasteiger partial charge on any atom is 0.191 e. The maximum absolute atomic E-state index is 5.59. The minimum atomic E-state index is 0.381. The molecule has 1 saturated carbocycles. The van der Waals surface area contributed by atoms with Gasteiger partial charge in [0, 0.05) is 31.7 Å². The van der Waals surface area contributed by atoms with Gasteiger partial charge in [0.25, 0.3) is 0 Å². The fraction of sp³-hybridized carbons (Fsp3) is 0.722. The second kappa shape index (κ2) is 9.28. The molecule has 1 aliphatic carbocycles. The lowest BCUT2D eigenvalue weighted by Gasteiger charge is -2.30. The summed E-state index contributed by atoms with van der Waals surface area (Å²) in [6.07, 6.45) is 6.43. The molecular formula is C18H31N3OS. The van der Waals surface area contributed by atoms with Gasteiger partial charge in [-0.05, 0) is 55.5 Å². The average molecular weight is 338 g/mol. The Bertz CT molecular complexity index is 492. The van der Waals surface area contributed by atoms with E-state index in [0.717, 1.165) is 38.7 Å². The number of hydrogen-bond acceptors (Lipinski definition) is 3. The topological polar surface area (TPSA) is 45.6 Å². The van der Waals surface area contributed by atoms with Gasteiger partial charge in [0.15, 0.2) is 5.96 Å². The Hall–Kier alpha value is -1.07. The number of ether oxygens (including phenoxy) is 1. The van der Waals surface area contributed by atoms with Gasteiger partial charge in [0.1, 0.15) is 0 Å². The molecule has 0 spiro atoms. The number of thiophene rings is 1. The van der Waals surface area contributed by atoms with Crippen LogP contribution in [0.2, 0.25) is 0 Å². The highest BCUT2D eigenvalue weighted by molar-refractivity contribution is 7.10. The number of nitrogens with one attached hydrogen (secondary N) is 2. The molecule has 0 aromatic carbocycles. The molecule has 0 atom stereocenters. The van der Waals surface area contributed by atoms with Crippen molar-refractivity contribution in [1.29, 1.82) is 0 Å². The van der Waals surface area contributed by atoms with E-state index in [1.54, 1.807) is 11.3 Å². The Balaban J connectivity index is 1.81. The zero-order chi connectivity index (χ0) is 16.5. The molecule has 0 bridgehead atoms. The quantitative estimate of drug-likeness (QED) is 0.432. The number of hydrogen-bond donors (Lipinski definition) is 2. The lowest BCUT2D eigenvalue weighted by atomic mass is 9.83. The smallest absolute Gasteiger partial charge is 0.191 e. The van der Waals surface area contributed by atoms with E-state index in [2.05, 4.69) is 40.9 Å². The van der Waals surface area contributed by atoms with Crippen molar-refractivity contribution in [3.05, 3.63) is 21.9 Å². The van der Waals surface area contributed by atoms with E-state index in [0.29, 0.717) is 5.41 Å². The highest BCUT2D eigenvalue weighted by Crippen LogP contribution is 2.40. The van der Waals surface area contributed by atoms with Gasteiger partial charge in [-0.1, -0.05) is 12.8 Å². The van der Waals surface area contributed by atoms with E-state index in [1.807, 2.05) is 7.05 Å². The van der Waals surface area contributed by atoms with Gasteiger partial charge in [-0.3, -0.25) is 4.99 Å². The van der Waals surface area contributed by atoms with Crippen molar-refractivity contribution in [2.75, 3.05) is 26.8 Å². The van der Waals surface area contributed by atoms with Gasteiger partial charge in [-0.15, -0.1) is 11.3 Å². The summed E-state index contributed by atoms with van der Waals surface area (Å²) >= 11 is 1.80. The summed E-state index contributed by atoms with van der Waals surface area (Å²) in [4.78, 5) is 5.75. The highest BCUT2D eigenvalue weighted by atomic mass is 32.1. The minimum Gasteiger partial charge on any atom is -0.382 e. The van der Waals surface area contributed by atoms with Crippen LogP contribution in [0, 0.1) is 12.3 Å². The molecule has 2 N–H and O–H groups in total. The monoisotopic (exact) mass is 337 g/mol. The molecule has 23 heavy (non-hydrogen) atoms. The summed E-state index contributed by atoms with van der Waals surface area (Å²) in [5.74, 6) is 0.903. The Morgan fingerprint density at radius 2 is 2.13 bits per heavy atom. The molecule has 4 nitrogen and oxygen atoms in total. The van der Waals surface area contributed by atoms with E-state index in [-0.39, 0.29) is 0 Å². The van der Waals surface area contributed by atoms with Crippen LogP contribution in [0.25, 0.3) is 0 Å². The van der Waals surface area contributed by atoms with Crippen molar-refractivity contribution >= 4 is 17.3 Å². The maximum atomic E-state index is 5.59. The SMILES string of the molecule is CCOCCC1(CNC(=NC)NCc2sccc2C)CCCC1. The second-order valence-corrected chi connectivity index (χ2v) is 7.46. The summed E-state index contributed by atoms with van der Waals surface area (Å²) in [6, 6.07) is 2.17. The van der Waals surface area contributed by atoms with E-state index in [9.17, 15) is 0 Å². The predicted octanol–water partition coefficient (Wildman–Crippen LogP) is 3.71. The first-order valence-electron chi connectivity index (χ1n) is 8.74. The molecule has 0 aliphatic heterocycles. The summed E-state index contributed by atoms with van der Waals surface area (Å²) in [6.45, 7) is 7.74. The van der Waals surface area contributed by atoms with Crippen LogP contribution in [0.15, 0.2) is 16.4 Å². The van der Waals surface area contributed by atoms with Gasteiger partial charge in [-0.25, -0.2) is 0 Å². The average Bonchev–Trinajstić information content (AvgIpc) is 3.18. The molecule has 1 aromatic rings. The summed E-state index contributed by atoms with van der Waals surface area (Å²) < 4.78 is 5.59. The molecule has 0 saturated heterocycles. The molecule has 1 heterocycles. The van der Waals surface area contributed by atoms with Crippen LogP contribution >= 0.6 is 11.3 Å². The van der Waals surface area contributed by atoms with Crippen molar-refractivity contribution < 1.29 is 4.74 Å². The first-order chi connectivity index (χ1) is 11.2. The minimum absolute atomic E-state index is 0.381. The zero-order valence-electron chi connectivity index (χ0n) is 14.8. The first kappa shape index (κ1) is 18.3. The van der Waals surface area contributed by atoms with Crippen LogP contribution in [0.1, 0.15) is 49.5 Å². The van der Waals surface area contributed by atoms with Crippen molar-refractivity contribution in [2.24, 2.45) is 10.4 Å². The Labute approximate surface area is 144 Å². The second-order valence-electron chi connectivity index (χ2n) is 6.46. The Morgan fingerprint density at radius 3 is 2.74 bits per heavy atom. The van der Waals surface area contributed by atoms with Crippen molar-refractivity contribution in [3.63, 3.8) is 0 Å². The molecule has 130 valence electrons. The molecule has 0 amide bonds. The molecule has 1 aliphatic rings. The molecular weight excluding hydrogens is 306 g/mol. The fourth-order valence-corrected chi connectivity index (χ4v) is 4.16. The molecule has 5 heteroatoms. The van der Waals surface area contributed by atoms with Crippen LogP contribution < -0.4 is 10.6 Å². The van der Waals surface area contributed by atoms with Crippen molar-refractivity contribution in [2.45, 2.75) is 52.5 Å². The van der Waals surface area contributed by atoms with E-state index >= 15 is 0 Å². The third-order valence-electron chi connectivity index (χ3n) is 4.88. The normalized spacial score (nSPS) is 17.4. The van der Waals surface area contributed by atoms with E-state index in [4.69, 9.17) is 4.74 Å². The number of nitrogens with zero attached hydrogens (tertiary/aromatic N) is 1. The molecule has 1 fully saturated rings. The Morgan fingerprint density at radius 1 is 1.35 bits per heavy atom. The van der Waals surface area contributed by atoms with E-state index < -0.39 is 0 Å². The predicted molar refractivity (Wildman–Crippen MR) is 99.3 cm³/mol. The zero-order valence-corrected chi connectivity index (χ0v) is 15.6. The van der Waals surface area contributed by atoms with Crippen molar-refractivity contribution in [1.82, 2.24) is 10.6 Å². The molecule has 1 aromatic heterocycles. The first-order valence-corrected chi connectivity index (χ1v) is 9.62. The van der Waals surface area contributed by atoms with E-state index in [1.165, 1.54) is 36.1 Å². The van der Waals surface area contributed by atoms with Crippen LogP contribution in [0.4, 0.5) is 0 Å². The van der Waals surface area contributed by atoms with Crippen LogP contribution in [0.5, 0.6) is 0 Å². The third kappa shape index (κ3) is 5.50. The fourth-order valence-electron chi connectivity index (χ4n) is 3.31. The van der Waals surface area contributed by atoms with Crippen molar-refractivity contribution in [3.8, 4) is 0 Å². The standard InChI is InChI=1S/C18H31N3OS/c1-4-22-11-10-18(8-5-6-9-18)14-21-17(19-3)20-13-16-15(2)7-12-23-16/h7,12H,4-6,8-11,13-14H2,1-3H3,(H2,19,20,21). The molecule has 2 rings (SSSR count). The van der Waals surface area contributed by atoms with Crippen LogP contribution in [0.3, 0.4) is 0 Å². The van der Waals surface area contributed by atoms with Crippen LogP contribution in [-0.2, 0) is 11.3 Å². The van der Waals surface area contributed by atoms with Gasteiger partial charge < -0.3 is 15.4 Å². The van der Waals surface area contributed by atoms with Gasteiger partial charge in [0.05, 0.1) is 6.54 Å². The van der Waals surface area contributed by atoms with Gasteiger partial charge >= 0.3 is 0 Å². The van der Waals surface area contributed by atoms with Gasteiger partial charge in [-0.2, -0.15) is 0 Å². The number of guanidine groups is 1. The van der Waals surface area contributed by atoms with Gasteiger partial charge in [0.2, 0.25) is 0 Å². The largest absolute Gasteiger partial charge is 0.382 e. The van der Waals surface area contributed by atoms with Crippen LogP contribution in [-0.4, -0.2) is 32.8 Å². The Kier molecular flexibility index (Phi) is 7.37. The summed E-state index contributed by atoms with van der Waals surface area (Å²) in [5.41, 5.74) is 1.73. The summed E-state index contributed by atoms with van der Waals surface area (Å²) in [5, 5.41) is 9.13. The third-order valence-corrected chi connectivity index (χ3v) is 5.91. The molecule has 0 radical (unpaired) electrons. The number of rotatable bonds is 8. The summed E-state index contributed by atoms with van der Waals surface area (Å²) in [7, 11) is 1.85. The number of aryl methyl sites for hydroxylation is 1.